The van der Waals surface area contributed by atoms with Crippen molar-refractivity contribution in [1.82, 2.24) is 40.0 Å². The van der Waals surface area contributed by atoms with Crippen LogP contribution in [0, 0.1) is 0 Å². The first-order valence-corrected chi connectivity index (χ1v) is 8.96. The van der Waals surface area contributed by atoms with E-state index in [-0.39, 0.29) is 24.0 Å². The summed E-state index contributed by atoms with van der Waals surface area (Å²) in [7, 11) is 1.80. The Labute approximate surface area is 174 Å². The van der Waals surface area contributed by atoms with Gasteiger partial charge in [0, 0.05) is 38.7 Å². The predicted octanol–water partition coefficient (Wildman–Crippen LogP) is 1.05. The second kappa shape index (κ2) is 9.11. The van der Waals surface area contributed by atoms with Gasteiger partial charge in [0.2, 0.25) is 0 Å². The highest BCUT2D eigenvalue weighted by Gasteiger charge is 2.20. The molecule has 0 aromatic carbocycles. The maximum Gasteiger partial charge on any atom is 0.191 e. The summed E-state index contributed by atoms with van der Waals surface area (Å²) in [6.45, 7) is 1.64. The van der Waals surface area contributed by atoms with Crippen LogP contribution in [0.25, 0.3) is 5.65 Å². The number of nitrogens with one attached hydrogen (secondary N) is 2. The van der Waals surface area contributed by atoms with Crippen molar-refractivity contribution < 1.29 is 0 Å². The molecule has 27 heavy (non-hydrogen) atoms. The molecule has 0 bridgehead atoms. The molecule has 1 aliphatic heterocycles. The minimum Gasteiger partial charge on any atom is -0.356 e. The van der Waals surface area contributed by atoms with E-state index >= 15 is 0 Å². The number of fused-ring (bicyclic) bond motifs is 2. The lowest BCUT2D eigenvalue weighted by molar-refractivity contribution is 0.392. The minimum atomic E-state index is 0. The van der Waals surface area contributed by atoms with Crippen LogP contribution in [0.3, 0.4) is 0 Å². The molecule has 3 aromatic rings. The lowest BCUT2D eigenvalue weighted by Crippen LogP contribution is -2.47. The average Bonchev–Trinajstić information content (AvgIpc) is 3.30. The molecule has 0 amide bonds. The molecule has 9 nitrogen and oxygen atoms in total. The van der Waals surface area contributed by atoms with Crippen LogP contribution in [0.1, 0.15) is 24.5 Å². The maximum atomic E-state index is 4.33. The highest BCUT2D eigenvalue weighted by molar-refractivity contribution is 14.0. The third kappa shape index (κ3) is 4.54. The highest BCUT2D eigenvalue weighted by atomic mass is 127. The number of aliphatic imine (C=N–C) groups is 1. The van der Waals surface area contributed by atoms with Crippen LogP contribution in [0.15, 0.2) is 35.7 Å². The Bertz CT molecular complexity index is 901. The van der Waals surface area contributed by atoms with Crippen molar-refractivity contribution in [3.63, 3.8) is 0 Å². The quantitative estimate of drug-likeness (QED) is 0.245. The van der Waals surface area contributed by atoms with Gasteiger partial charge in [-0.25, -0.2) is 9.67 Å². The van der Waals surface area contributed by atoms with Gasteiger partial charge in [-0.2, -0.15) is 5.10 Å². The number of guanidine groups is 1. The number of halogens is 1. The maximum absolute atomic E-state index is 4.33. The average molecular weight is 481 g/mol. The molecule has 1 unspecified atom stereocenters. The highest BCUT2D eigenvalue weighted by Crippen LogP contribution is 2.11. The van der Waals surface area contributed by atoms with Crippen molar-refractivity contribution in [3.05, 3.63) is 42.4 Å². The fourth-order valence-electron chi connectivity index (χ4n) is 3.26. The number of aryl methyl sites for hydroxylation is 2. The smallest absolute Gasteiger partial charge is 0.191 e. The number of hydrogen-bond acceptors (Lipinski definition) is 5. The Morgan fingerprint density at radius 2 is 2.26 bits per heavy atom. The zero-order chi connectivity index (χ0) is 17.8. The Morgan fingerprint density at radius 3 is 3.15 bits per heavy atom. The summed E-state index contributed by atoms with van der Waals surface area (Å²) in [5.41, 5.74) is 0.887. The second-order valence-electron chi connectivity index (χ2n) is 6.39. The lowest BCUT2D eigenvalue weighted by atomic mass is 10.1. The zero-order valence-corrected chi connectivity index (χ0v) is 17.6. The van der Waals surface area contributed by atoms with Crippen molar-refractivity contribution in [2.24, 2.45) is 4.99 Å². The van der Waals surface area contributed by atoms with Crippen LogP contribution in [0.2, 0.25) is 0 Å². The van der Waals surface area contributed by atoms with Gasteiger partial charge in [-0.1, -0.05) is 6.07 Å². The molecule has 144 valence electrons. The van der Waals surface area contributed by atoms with Gasteiger partial charge in [-0.15, -0.1) is 34.2 Å². The Kier molecular flexibility index (Phi) is 6.58. The van der Waals surface area contributed by atoms with Gasteiger partial charge in [0.15, 0.2) is 11.6 Å². The summed E-state index contributed by atoms with van der Waals surface area (Å²) in [6.07, 6.45) is 7.41. The van der Waals surface area contributed by atoms with Crippen LogP contribution in [0.4, 0.5) is 0 Å². The van der Waals surface area contributed by atoms with Crippen molar-refractivity contribution >= 4 is 35.6 Å². The normalized spacial score (nSPS) is 16.6. The van der Waals surface area contributed by atoms with Gasteiger partial charge in [-0.3, -0.25) is 9.39 Å². The first-order chi connectivity index (χ1) is 12.8. The minimum absolute atomic E-state index is 0. The molecule has 3 aromatic heterocycles. The van der Waals surface area contributed by atoms with Gasteiger partial charge >= 0.3 is 0 Å². The van der Waals surface area contributed by atoms with Crippen molar-refractivity contribution in [2.75, 3.05) is 13.6 Å². The fourth-order valence-corrected chi connectivity index (χ4v) is 3.26. The molecule has 4 rings (SSSR count). The number of nitrogens with zero attached hydrogens (tertiary/aromatic N) is 7. The topological polar surface area (TPSA) is 97.3 Å². The van der Waals surface area contributed by atoms with E-state index in [9.17, 15) is 0 Å². The lowest BCUT2D eigenvalue weighted by Gasteiger charge is -2.25. The van der Waals surface area contributed by atoms with Gasteiger partial charge in [0.1, 0.15) is 18.0 Å². The van der Waals surface area contributed by atoms with E-state index in [2.05, 4.69) is 35.9 Å². The molecular weight excluding hydrogens is 457 g/mol. The van der Waals surface area contributed by atoms with E-state index in [0.29, 0.717) is 6.04 Å². The summed E-state index contributed by atoms with van der Waals surface area (Å²) < 4.78 is 4.00. The third-order valence-corrected chi connectivity index (χ3v) is 4.62. The molecule has 0 radical (unpaired) electrons. The fraction of sp³-hybridized carbons (Fsp3) is 0.471. The molecular formula is C17H24IN9. The van der Waals surface area contributed by atoms with Gasteiger partial charge in [-0.05, 0) is 25.0 Å². The van der Waals surface area contributed by atoms with Gasteiger partial charge in [0.25, 0.3) is 0 Å². The van der Waals surface area contributed by atoms with Crippen molar-refractivity contribution in [1.29, 1.82) is 0 Å². The third-order valence-electron chi connectivity index (χ3n) is 4.62. The van der Waals surface area contributed by atoms with Crippen LogP contribution in [-0.4, -0.2) is 55.0 Å². The molecule has 0 fully saturated rings. The van der Waals surface area contributed by atoms with Crippen molar-refractivity contribution in [2.45, 2.75) is 38.3 Å². The van der Waals surface area contributed by atoms with E-state index < -0.39 is 0 Å². The molecule has 4 heterocycles. The summed E-state index contributed by atoms with van der Waals surface area (Å²) in [5.74, 6) is 2.87. The largest absolute Gasteiger partial charge is 0.356 e. The monoisotopic (exact) mass is 481 g/mol. The van der Waals surface area contributed by atoms with E-state index in [0.717, 1.165) is 62.0 Å². The molecule has 0 spiro atoms. The van der Waals surface area contributed by atoms with Gasteiger partial charge in [0.05, 0.1) is 6.54 Å². The standard InChI is InChI=1S/C17H23N9.HI/c1-18-17(22-13-7-8-14-20-12-21-26(14)11-13)19-9-4-6-16-24-23-15-5-2-3-10-25(15)16;/h2-3,5,10,12-13H,4,6-9,11H2,1H3,(H2,18,19,22);1H. The predicted molar refractivity (Wildman–Crippen MR) is 113 cm³/mol. The Morgan fingerprint density at radius 1 is 1.33 bits per heavy atom. The SMILES string of the molecule is CN=C(NCCCc1nnc2ccccn12)NC1CCc2ncnn2C1.I. The summed E-state index contributed by atoms with van der Waals surface area (Å²) in [5, 5.41) is 19.6. The molecule has 0 saturated carbocycles. The first-order valence-electron chi connectivity index (χ1n) is 8.96. The summed E-state index contributed by atoms with van der Waals surface area (Å²) in [4.78, 5) is 8.59. The van der Waals surface area contributed by atoms with E-state index in [1.54, 1.807) is 13.4 Å². The molecule has 0 saturated heterocycles. The van der Waals surface area contributed by atoms with Crippen molar-refractivity contribution in [3.8, 4) is 0 Å². The van der Waals surface area contributed by atoms with Crippen LogP contribution in [-0.2, 0) is 19.4 Å². The number of pyridine rings is 1. The molecule has 1 aliphatic rings. The zero-order valence-electron chi connectivity index (χ0n) is 15.2. The number of rotatable bonds is 5. The molecule has 10 heteroatoms. The summed E-state index contributed by atoms with van der Waals surface area (Å²) in [6, 6.07) is 6.24. The molecule has 0 aliphatic carbocycles. The van der Waals surface area contributed by atoms with E-state index in [1.165, 1.54) is 0 Å². The van der Waals surface area contributed by atoms with E-state index in [1.807, 2.05) is 33.5 Å². The Balaban J connectivity index is 0.00000210. The van der Waals surface area contributed by atoms with Gasteiger partial charge < -0.3 is 10.6 Å². The van der Waals surface area contributed by atoms with Crippen LogP contribution in [0.5, 0.6) is 0 Å². The first kappa shape index (κ1) is 19.5. The van der Waals surface area contributed by atoms with E-state index in [4.69, 9.17) is 0 Å². The number of hydrogen-bond donors (Lipinski definition) is 2. The molecule has 2 N–H and O–H groups in total. The van der Waals surface area contributed by atoms with Crippen LogP contribution < -0.4 is 10.6 Å². The summed E-state index contributed by atoms with van der Waals surface area (Å²) >= 11 is 0. The Hall–Kier alpha value is -2.24. The van der Waals surface area contributed by atoms with Crippen LogP contribution >= 0.6 is 24.0 Å². The second-order valence-corrected chi connectivity index (χ2v) is 6.39. The molecule has 1 atom stereocenters. The number of aromatic nitrogens is 6.